The molecule has 2 heterocycles. The predicted octanol–water partition coefficient (Wildman–Crippen LogP) is 0.137. The average Bonchev–Trinajstić information content (AvgIpc) is 2.81. The maximum atomic E-state index is 11.9. The Balaban J connectivity index is 2.14. The highest BCUT2D eigenvalue weighted by Gasteiger charge is 2.27. The molecular weight excluding hydrogens is 206 g/mol. The largest absolute Gasteiger partial charge is 0.497 e. The van der Waals surface area contributed by atoms with Gasteiger partial charge in [0.25, 0.3) is 0 Å². The van der Waals surface area contributed by atoms with Crippen LogP contribution in [0.3, 0.4) is 0 Å². The summed E-state index contributed by atoms with van der Waals surface area (Å²) >= 11 is 0. The van der Waals surface area contributed by atoms with E-state index in [1.54, 1.807) is 29.4 Å². The fraction of sp³-hybridized carbons (Fsp3) is 0.364. The van der Waals surface area contributed by atoms with Crippen molar-refractivity contribution in [3.8, 4) is 0 Å². The van der Waals surface area contributed by atoms with Gasteiger partial charge in [-0.05, 0) is 25.0 Å². The number of carbonyl (C=O) groups excluding carboxylic acids is 2. The smallest absolute Gasteiger partial charge is 0.366 e. The van der Waals surface area contributed by atoms with Gasteiger partial charge in [0.2, 0.25) is 5.91 Å². The number of pyridine rings is 1. The van der Waals surface area contributed by atoms with Gasteiger partial charge in [0, 0.05) is 5.56 Å². The lowest BCUT2D eigenvalue weighted by Crippen LogP contribution is -2.51. The number of primary amides is 1. The van der Waals surface area contributed by atoms with Gasteiger partial charge in [-0.2, -0.15) is 9.36 Å². The minimum atomic E-state index is -0.485. The number of aromatic nitrogens is 1. The van der Waals surface area contributed by atoms with E-state index < -0.39 is 5.91 Å². The molecule has 5 heteroatoms. The molecule has 1 saturated heterocycles. The zero-order valence-electron chi connectivity index (χ0n) is 8.93. The molecule has 0 aromatic carbocycles. The molecule has 5 nitrogen and oxygen atoms in total. The highest BCUT2D eigenvalue weighted by atomic mass is 16.2. The van der Waals surface area contributed by atoms with Gasteiger partial charge in [-0.1, -0.05) is 0 Å². The van der Waals surface area contributed by atoms with Crippen LogP contribution in [0.15, 0.2) is 24.5 Å². The molecule has 0 radical (unpaired) electrons. The average molecular weight is 220 g/mol. The van der Waals surface area contributed by atoms with Crippen molar-refractivity contribution in [2.24, 2.45) is 5.73 Å². The standard InChI is InChI=1S/C11H13N3O2/c12-10(15)9-3-7-14(8-4-9)11(16)13-5-1-2-6-13/h3-4,7-8H,1-2,5-6H2,(H-,12,15)/p+1. The summed E-state index contributed by atoms with van der Waals surface area (Å²) in [4.78, 5) is 24.6. The molecule has 1 aromatic rings. The van der Waals surface area contributed by atoms with Gasteiger partial charge in [-0.25, -0.2) is 4.90 Å². The number of likely N-dealkylation sites (tertiary alicyclic amines) is 1. The third kappa shape index (κ3) is 2.03. The van der Waals surface area contributed by atoms with Crippen LogP contribution in [0, 0.1) is 0 Å². The monoisotopic (exact) mass is 220 g/mol. The third-order valence-electron chi connectivity index (χ3n) is 2.71. The van der Waals surface area contributed by atoms with Gasteiger partial charge in [0.05, 0.1) is 13.1 Å². The summed E-state index contributed by atoms with van der Waals surface area (Å²) in [5, 5.41) is 0. The Kier molecular flexibility index (Phi) is 2.85. The van der Waals surface area contributed by atoms with Gasteiger partial charge in [-0.3, -0.25) is 4.79 Å². The summed E-state index contributed by atoms with van der Waals surface area (Å²) in [7, 11) is 0. The van der Waals surface area contributed by atoms with E-state index in [1.807, 2.05) is 0 Å². The maximum Gasteiger partial charge on any atom is 0.497 e. The van der Waals surface area contributed by atoms with E-state index in [9.17, 15) is 9.59 Å². The second kappa shape index (κ2) is 4.30. The van der Waals surface area contributed by atoms with Gasteiger partial charge < -0.3 is 5.73 Å². The zero-order valence-corrected chi connectivity index (χ0v) is 8.93. The Morgan fingerprint density at radius 2 is 1.75 bits per heavy atom. The molecule has 16 heavy (non-hydrogen) atoms. The van der Waals surface area contributed by atoms with Gasteiger partial charge in [-0.15, -0.1) is 0 Å². The third-order valence-corrected chi connectivity index (χ3v) is 2.71. The first-order valence-electron chi connectivity index (χ1n) is 5.29. The van der Waals surface area contributed by atoms with Crippen LogP contribution in [0.5, 0.6) is 0 Å². The Morgan fingerprint density at radius 3 is 2.25 bits per heavy atom. The molecule has 84 valence electrons. The summed E-state index contributed by atoms with van der Waals surface area (Å²) in [6.45, 7) is 1.62. The lowest BCUT2D eigenvalue weighted by Gasteiger charge is -2.06. The number of rotatable bonds is 1. The molecule has 0 aliphatic carbocycles. The highest BCUT2D eigenvalue weighted by molar-refractivity contribution is 5.92. The van der Waals surface area contributed by atoms with Crippen LogP contribution in [-0.4, -0.2) is 29.9 Å². The van der Waals surface area contributed by atoms with E-state index in [4.69, 9.17) is 5.73 Å². The van der Waals surface area contributed by atoms with E-state index in [-0.39, 0.29) is 6.03 Å². The highest BCUT2D eigenvalue weighted by Crippen LogP contribution is 2.06. The number of carbonyl (C=O) groups is 2. The van der Waals surface area contributed by atoms with Crippen LogP contribution in [0.2, 0.25) is 0 Å². The molecule has 1 aliphatic rings. The fourth-order valence-corrected chi connectivity index (χ4v) is 1.79. The Bertz CT molecular complexity index is 408. The van der Waals surface area contributed by atoms with Crippen molar-refractivity contribution >= 4 is 11.9 Å². The van der Waals surface area contributed by atoms with Crippen LogP contribution in [-0.2, 0) is 0 Å². The summed E-state index contributed by atoms with van der Waals surface area (Å²) in [5.74, 6) is -0.485. The number of nitrogens with two attached hydrogens (primary N) is 1. The van der Waals surface area contributed by atoms with Crippen LogP contribution < -0.4 is 10.3 Å². The quantitative estimate of drug-likeness (QED) is 0.684. The minimum absolute atomic E-state index is 0.0477. The second-order valence-corrected chi connectivity index (χ2v) is 3.84. The van der Waals surface area contributed by atoms with Crippen LogP contribution >= 0.6 is 0 Å². The van der Waals surface area contributed by atoms with Crippen molar-refractivity contribution in [3.05, 3.63) is 30.1 Å². The van der Waals surface area contributed by atoms with Crippen molar-refractivity contribution in [1.82, 2.24) is 4.90 Å². The minimum Gasteiger partial charge on any atom is -0.366 e. The molecule has 0 atom stereocenters. The van der Waals surface area contributed by atoms with Crippen molar-refractivity contribution in [2.75, 3.05) is 13.1 Å². The summed E-state index contributed by atoms with van der Waals surface area (Å²) < 4.78 is 1.47. The number of nitrogens with zero attached hydrogens (tertiary/aromatic N) is 2. The Labute approximate surface area is 93.5 Å². The van der Waals surface area contributed by atoms with Crippen molar-refractivity contribution in [3.63, 3.8) is 0 Å². The van der Waals surface area contributed by atoms with Gasteiger partial charge in [0.1, 0.15) is 12.4 Å². The number of amides is 2. The van der Waals surface area contributed by atoms with E-state index in [2.05, 4.69) is 0 Å². The van der Waals surface area contributed by atoms with Gasteiger partial charge >= 0.3 is 6.03 Å². The lowest BCUT2D eigenvalue weighted by molar-refractivity contribution is -0.578. The SMILES string of the molecule is NC(=O)c1cc[n+](C(=O)N2CCCC2)cc1. The van der Waals surface area contributed by atoms with Crippen LogP contribution in [0.25, 0.3) is 0 Å². The second-order valence-electron chi connectivity index (χ2n) is 3.84. The molecule has 1 fully saturated rings. The first kappa shape index (κ1) is 10.6. The first-order chi connectivity index (χ1) is 7.68. The molecule has 0 bridgehead atoms. The molecule has 0 saturated carbocycles. The van der Waals surface area contributed by atoms with Gasteiger partial charge in [0.15, 0.2) is 0 Å². The molecule has 1 aromatic heterocycles. The van der Waals surface area contributed by atoms with Crippen molar-refractivity contribution in [2.45, 2.75) is 12.8 Å². The van der Waals surface area contributed by atoms with Crippen LogP contribution in [0.4, 0.5) is 4.79 Å². The van der Waals surface area contributed by atoms with Crippen LogP contribution in [0.1, 0.15) is 23.2 Å². The normalized spacial score (nSPS) is 15.1. The topological polar surface area (TPSA) is 67.3 Å². The van der Waals surface area contributed by atoms with E-state index in [0.29, 0.717) is 5.56 Å². The molecule has 2 N–H and O–H groups in total. The zero-order chi connectivity index (χ0) is 11.5. The number of hydrogen-bond donors (Lipinski definition) is 1. The molecule has 2 rings (SSSR count). The van der Waals surface area contributed by atoms with Crippen molar-refractivity contribution in [1.29, 1.82) is 0 Å². The maximum absolute atomic E-state index is 11.9. The first-order valence-corrected chi connectivity index (χ1v) is 5.29. The Hall–Kier alpha value is -1.91. The van der Waals surface area contributed by atoms with E-state index in [0.717, 1.165) is 25.9 Å². The molecule has 1 aliphatic heterocycles. The summed E-state index contributed by atoms with van der Waals surface area (Å²) in [6, 6.07) is 3.06. The fourth-order valence-electron chi connectivity index (χ4n) is 1.79. The Morgan fingerprint density at radius 1 is 1.19 bits per heavy atom. The number of hydrogen-bond acceptors (Lipinski definition) is 2. The van der Waals surface area contributed by atoms with E-state index >= 15 is 0 Å². The molecule has 0 spiro atoms. The molecule has 2 amide bonds. The molecular formula is C11H14N3O2+. The summed E-state index contributed by atoms with van der Waals surface area (Å²) in [6.07, 6.45) is 5.26. The van der Waals surface area contributed by atoms with Crippen molar-refractivity contribution < 1.29 is 14.2 Å². The molecule has 0 unspecified atom stereocenters. The summed E-state index contributed by atoms with van der Waals surface area (Å²) in [5.41, 5.74) is 5.53. The van der Waals surface area contributed by atoms with E-state index in [1.165, 1.54) is 4.57 Å². The predicted molar refractivity (Wildman–Crippen MR) is 56.8 cm³/mol. The lowest BCUT2D eigenvalue weighted by atomic mass is 10.2.